The summed E-state index contributed by atoms with van der Waals surface area (Å²) in [5, 5.41) is 60.9. The van der Waals surface area contributed by atoms with Gasteiger partial charge in [0, 0.05) is 0 Å². The molecule has 1 unspecified atom stereocenters. The topological polar surface area (TPSA) is 151 Å². The van der Waals surface area contributed by atoms with Crippen LogP contribution in [0, 0.1) is 0 Å². The Balaban J connectivity index is 4.22. The van der Waals surface area contributed by atoms with E-state index in [1.807, 2.05) is 0 Å². The fourth-order valence-corrected chi connectivity index (χ4v) is 0.769. The summed E-state index contributed by atoms with van der Waals surface area (Å²) in [5.41, 5.74) is 0. The van der Waals surface area contributed by atoms with Crippen LogP contribution in [0.25, 0.3) is 0 Å². The Labute approximate surface area is 79.2 Å². The average Bonchev–Trinajstić information content (AvgIpc) is 2.23. The minimum atomic E-state index is -2.12. The number of rotatable bonds is 6. The third-order valence-electron chi connectivity index (χ3n) is 1.68. The fourth-order valence-electron chi connectivity index (χ4n) is 0.769. The molecule has 0 rings (SSSR count). The highest BCUT2D eigenvalue weighted by Gasteiger charge is 2.34. The molecular formula is C6H14O8. The molecule has 0 aromatic rings. The highest BCUT2D eigenvalue weighted by Crippen LogP contribution is 2.08. The Morgan fingerprint density at radius 3 is 1.71 bits per heavy atom. The quantitative estimate of drug-likeness (QED) is 0.135. The number of hydrogen-bond donors (Lipinski definition) is 7. The van der Waals surface area contributed by atoms with E-state index in [9.17, 15) is 0 Å². The number of aliphatic hydroxyl groups excluding tert-OH is 6. The molecule has 0 aliphatic heterocycles. The molecule has 8 nitrogen and oxygen atoms in total. The van der Waals surface area contributed by atoms with Crippen LogP contribution in [0.3, 0.4) is 0 Å². The normalized spacial score (nSPS) is 22.5. The predicted molar refractivity (Wildman–Crippen MR) is 40.8 cm³/mol. The molecule has 0 aromatic carbocycles. The van der Waals surface area contributed by atoms with Crippen LogP contribution in [0.4, 0.5) is 0 Å². The smallest absolute Gasteiger partial charge is 0.217 e. The van der Waals surface area contributed by atoms with Crippen molar-refractivity contribution in [3.8, 4) is 0 Å². The van der Waals surface area contributed by atoms with E-state index in [0.717, 1.165) is 0 Å². The van der Waals surface area contributed by atoms with Crippen LogP contribution in [0.1, 0.15) is 0 Å². The van der Waals surface area contributed by atoms with Gasteiger partial charge in [-0.3, -0.25) is 0 Å². The first-order chi connectivity index (χ1) is 6.45. The lowest BCUT2D eigenvalue weighted by atomic mass is 10.0. The molecule has 0 fully saturated rings. The molecule has 0 radical (unpaired) electrons. The Kier molecular flexibility index (Phi) is 6.08. The molecule has 0 bridgehead atoms. The van der Waals surface area contributed by atoms with Gasteiger partial charge in [-0.1, -0.05) is 0 Å². The second-order valence-corrected chi connectivity index (χ2v) is 2.72. The summed E-state index contributed by atoms with van der Waals surface area (Å²) < 4.78 is 0. The van der Waals surface area contributed by atoms with E-state index < -0.39 is 37.3 Å². The van der Waals surface area contributed by atoms with Crippen molar-refractivity contribution in [2.45, 2.75) is 30.7 Å². The number of hydrogen-bond acceptors (Lipinski definition) is 8. The van der Waals surface area contributed by atoms with Gasteiger partial charge in [-0.05, 0) is 0 Å². The van der Waals surface area contributed by atoms with Crippen molar-refractivity contribution in [2.75, 3.05) is 6.61 Å². The largest absolute Gasteiger partial charge is 0.394 e. The molecule has 0 saturated heterocycles. The van der Waals surface area contributed by atoms with Gasteiger partial charge < -0.3 is 30.6 Å². The molecule has 0 amide bonds. The summed E-state index contributed by atoms with van der Waals surface area (Å²) in [7, 11) is 0. The van der Waals surface area contributed by atoms with E-state index >= 15 is 0 Å². The average molecular weight is 214 g/mol. The summed E-state index contributed by atoms with van der Waals surface area (Å²) in [4.78, 5) is 3.29. The van der Waals surface area contributed by atoms with Gasteiger partial charge >= 0.3 is 0 Å². The highest BCUT2D eigenvalue weighted by molar-refractivity contribution is 4.81. The predicted octanol–water partition coefficient (Wildman–Crippen LogP) is -3.77. The summed E-state index contributed by atoms with van der Waals surface area (Å²) >= 11 is 0. The lowest BCUT2D eigenvalue weighted by molar-refractivity contribution is -0.363. The Bertz CT molecular complexity index is 137. The first-order valence-corrected chi connectivity index (χ1v) is 3.77. The van der Waals surface area contributed by atoms with Crippen LogP contribution < -0.4 is 0 Å². The molecule has 86 valence electrons. The zero-order chi connectivity index (χ0) is 11.3. The van der Waals surface area contributed by atoms with E-state index in [-0.39, 0.29) is 0 Å². The molecule has 0 heterocycles. The molecule has 8 heteroatoms. The van der Waals surface area contributed by atoms with Crippen LogP contribution in [0.5, 0.6) is 0 Å². The minimum absolute atomic E-state index is 0.832. The van der Waals surface area contributed by atoms with Gasteiger partial charge in [0.25, 0.3) is 0 Å². The molecule has 0 aliphatic rings. The maximum absolute atomic E-state index is 9.07. The van der Waals surface area contributed by atoms with Crippen molar-refractivity contribution >= 4 is 0 Å². The summed E-state index contributed by atoms with van der Waals surface area (Å²) in [6.45, 7) is -0.832. The lowest BCUT2D eigenvalue weighted by Crippen LogP contribution is -2.50. The van der Waals surface area contributed by atoms with Gasteiger partial charge in [0.05, 0.1) is 6.61 Å². The van der Waals surface area contributed by atoms with Crippen LogP contribution >= 0.6 is 0 Å². The fraction of sp³-hybridized carbons (Fsp3) is 1.00. The molecular weight excluding hydrogens is 200 g/mol. The maximum atomic E-state index is 9.07. The second kappa shape index (κ2) is 6.22. The molecule has 5 atom stereocenters. The highest BCUT2D eigenvalue weighted by atomic mass is 17.1. The van der Waals surface area contributed by atoms with E-state index in [1.165, 1.54) is 0 Å². The zero-order valence-corrected chi connectivity index (χ0v) is 7.13. The van der Waals surface area contributed by atoms with Crippen molar-refractivity contribution in [3.05, 3.63) is 0 Å². The third kappa shape index (κ3) is 3.44. The molecule has 0 aliphatic carbocycles. The third-order valence-corrected chi connectivity index (χ3v) is 1.68. The van der Waals surface area contributed by atoms with Gasteiger partial charge in [-0.15, -0.1) is 0 Å². The van der Waals surface area contributed by atoms with Gasteiger partial charge in [-0.2, -0.15) is 0 Å². The molecule has 0 saturated carbocycles. The molecule has 14 heavy (non-hydrogen) atoms. The SMILES string of the molecule is OC[C@@H](O)[C@@H](O)[C@H](O)[C@H](O)C(O)OO. The van der Waals surface area contributed by atoms with Crippen LogP contribution in [-0.2, 0) is 4.89 Å². The molecule has 7 N–H and O–H groups in total. The van der Waals surface area contributed by atoms with Crippen LogP contribution in [-0.4, -0.2) is 73.2 Å². The first kappa shape index (κ1) is 13.7. The van der Waals surface area contributed by atoms with Gasteiger partial charge in [-0.25, -0.2) is 10.1 Å². The van der Waals surface area contributed by atoms with Crippen molar-refractivity contribution in [3.63, 3.8) is 0 Å². The molecule has 0 aromatic heterocycles. The van der Waals surface area contributed by atoms with Crippen molar-refractivity contribution in [1.82, 2.24) is 0 Å². The first-order valence-electron chi connectivity index (χ1n) is 3.77. The second-order valence-electron chi connectivity index (χ2n) is 2.72. The van der Waals surface area contributed by atoms with E-state index in [0.29, 0.717) is 0 Å². The number of aliphatic hydroxyl groups is 6. The Morgan fingerprint density at radius 2 is 1.36 bits per heavy atom. The molecule has 0 spiro atoms. The monoisotopic (exact) mass is 214 g/mol. The van der Waals surface area contributed by atoms with Crippen LogP contribution in [0.2, 0.25) is 0 Å². The van der Waals surface area contributed by atoms with Gasteiger partial charge in [0.1, 0.15) is 24.4 Å². The minimum Gasteiger partial charge on any atom is -0.394 e. The maximum Gasteiger partial charge on any atom is 0.217 e. The van der Waals surface area contributed by atoms with Crippen LogP contribution in [0.15, 0.2) is 0 Å². The summed E-state index contributed by atoms with van der Waals surface area (Å²) in [6.07, 6.45) is -9.66. The Morgan fingerprint density at radius 1 is 0.857 bits per heavy atom. The van der Waals surface area contributed by atoms with Crippen molar-refractivity contribution in [1.29, 1.82) is 0 Å². The Hall–Kier alpha value is -0.320. The van der Waals surface area contributed by atoms with E-state index in [4.69, 9.17) is 35.9 Å². The van der Waals surface area contributed by atoms with Crippen molar-refractivity contribution < 1.29 is 40.8 Å². The lowest BCUT2D eigenvalue weighted by Gasteiger charge is -2.26. The summed E-state index contributed by atoms with van der Waals surface area (Å²) in [5.74, 6) is 0. The zero-order valence-electron chi connectivity index (χ0n) is 7.13. The van der Waals surface area contributed by atoms with E-state index in [1.54, 1.807) is 0 Å². The van der Waals surface area contributed by atoms with Gasteiger partial charge in [0.2, 0.25) is 6.29 Å². The van der Waals surface area contributed by atoms with Gasteiger partial charge in [0.15, 0.2) is 0 Å². The summed E-state index contributed by atoms with van der Waals surface area (Å²) in [6, 6.07) is 0. The standard InChI is InChI=1S/C6H14O8/c7-1-2(8)3(9)4(10)5(11)6(12)14-13/h2-13H,1H2/t2-,3-,4+,5+,6?/m1/s1. The van der Waals surface area contributed by atoms with Crippen molar-refractivity contribution in [2.24, 2.45) is 0 Å². The van der Waals surface area contributed by atoms with E-state index in [2.05, 4.69) is 4.89 Å².